The molecule has 1 fully saturated rings. The Labute approximate surface area is 111 Å². The van der Waals surface area contributed by atoms with Crippen LogP contribution in [0.3, 0.4) is 0 Å². The molecule has 0 bridgehead atoms. The van der Waals surface area contributed by atoms with E-state index >= 15 is 0 Å². The summed E-state index contributed by atoms with van der Waals surface area (Å²) in [5, 5.41) is 4.75. The summed E-state index contributed by atoms with van der Waals surface area (Å²) in [6, 6.07) is 6.71. The lowest BCUT2D eigenvalue weighted by Crippen LogP contribution is -2.30. The number of hydrogen-bond donors (Lipinski definition) is 1. The van der Waals surface area contributed by atoms with Gasteiger partial charge < -0.3 is 5.32 Å². The molecule has 1 aromatic carbocycles. The predicted octanol–water partition coefficient (Wildman–Crippen LogP) is 3.44. The molecular weight excluding hydrogens is 304 g/mol. The highest BCUT2D eigenvalue weighted by atomic mass is 79.9. The maximum Gasteiger partial charge on any atom is 0.112 e. The molecule has 1 aromatic heterocycles. The van der Waals surface area contributed by atoms with Gasteiger partial charge in [-0.1, -0.05) is 15.9 Å². The quantitative estimate of drug-likeness (QED) is 0.873. The molecule has 1 N–H and O–H groups in total. The molecule has 0 aliphatic carbocycles. The Hall–Kier alpha value is -0.100. The fourth-order valence-corrected chi connectivity index (χ4v) is 4.43. The molecule has 1 aliphatic heterocycles. The van der Waals surface area contributed by atoms with Gasteiger partial charge in [-0.25, -0.2) is 4.98 Å². The second kappa shape index (κ2) is 4.64. The van der Waals surface area contributed by atoms with Crippen molar-refractivity contribution in [1.82, 2.24) is 10.3 Å². The second-order valence-corrected chi connectivity index (χ2v) is 6.87. The number of rotatable bonds is 1. The van der Waals surface area contributed by atoms with Gasteiger partial charge in [-0.2, -0.15) is 11.8 Å². The zero-order chi connectivity index (χ0) is 11.0. The normalized spacial score (nSPS) is 21.4. The first-order valence-electron chi connectivity index (χ1n) is 5.20. The van der Waals surface area contributed by atoms with Gasteiger partial charge in [0, 0.05) is 22.5 Å². The van der Waals surface area contributed by atoms with E-state index in [1.54, 1.807) is 11.3 Å². The molecule has 2 aromatic rings. The van der Waals surface area contributed by atoms with Crippen LogP contribution in [-0.4, -0.2) is 23.0 Å². The van der Waals surface area contributed by atoms with Gasteiger partial charge in [-0.3, -0.25) is 0 Å². The van der Waals surface area contributed by atoms with Gasteiger partial charge in [0.05, 0.1) is 16.3 Å². The van der Waals surface area contributed by atoms with E-state index in [-0.39, 0.29) is 0 Å². The number of thioether (sulfide) groups is 1. The SMILES string of the molecule is Brc1ccc2nc(C3CSCCN3)sc2c1. The lowest BCUT2D eigenvalue weighted by molar-refractivity contribution is 0.593. The molecule has 3 rings (SSSR count). The molecule has 1 saturated heterocycles. The molecule has 1 unspecified atom stereocenters. The fraction of sp³-hybridized carbons (Fsp3) is 0.364. The van der Waals surface area contributed by atoms with E-state index in [0.29, 0.717) is 6.04 Å². The Kier molecular flexibility index (Phi) is 3.20. The maximum absolute atomic E-state index is 4.70. The van der Waals surface area contributed by atoms with Crippen molar-refractivity contribution in [1.29, 1.82) is 0 Å². The number of nitrogens with one attached hydrogen (secondary N) is 1. The summed E-state index contributed by atoms with van der Waals surface area (Å²) in [5.41, 5.74) is 1.11. The van der Waals surface area contributed by atoms with Crippen LogP contribution in [0.4, 0.5) is 0 Å². The van der Waals surface area contributed by atoms with Crippen LogP contribution in [0.25, 0.3) is 10.2 Å². The molecule has 0 spiro atoms. The van der Waals surface area contributed by atoms with Crippen LogP contribution in [0.5, 0.6) is 0 Å². The van der Waals surface area contributed by atoms with Crippen LogP contribution in [0.1, 0.15) is 11.0 Å². The highest BCUT2D eigenvalue weighted by molar-refractivity contribution is 9.10. The third-order valence-electron chi connectivity index (χ3n) is 2.59. The Bertz CT molecular complexity index is 506. The van der Waals surface area contributed by atoms with Crippen LogP contribution in [0.15, 0.2) is 22.7 Å². The standard InChI is InChI=1S/C11H11BrN2S2/c12-7-1-2-8-10(5-7)16-11(14-8)9-6-15-4-3-13-9/h1-2,5,9,13H,3-4,6H2. The number of nitrogens with zero attached hydrogens (tertiary/aromatic N) is 1. The van der Waals surface area contributed by atoms with E-state index in [0.717, 1.165) is 22.3 Å². The number of aromatic nitrogens is 1. The number of benzene rings is 1. The summed E-state index contributed by atoms with van der Waals surface area (Å²) in [4.78, 5) is 4.70. The van der Waals surface area contributed by atoms with Gasteiger partial charge >= 0.3 is 0 Å². The smallest absolute Gasteiger partial charge is 0.112 e. The Morgan fingerprint density at radius 1 is 1.44 bits per heavy atom. The van der Waals surface area contributed by atoms with Crippen molar-refractivity contribution in [3.05, 3.63) is 27.7 Å². The van der Waals surface area contributed by atoms with Crippen LogP contribution >= 0.6 is 39.0 Å². The van der Waals surface area contributed by atoms with E-state index in [4.69, 9.17) is 4.98 Å². The summed E-state index contributed by atoms with van der Waals surface area (Å²) < 4.78 is 2.39. The molecule has 1 aliphatic rings. The van der Waals surface area contributed by atoms with Gasteiger partial charge in [-0.05, 0) is 18.2 Å². The summed E-state index contributed by atoms with van der Waals surface area (Å²) in [6.45, 7) is 1.09. The first kappa shape index (κ1) is 11.0. The summed E-state index contributed by atoms with van der Waals surface area (Å²) in [7, 11) is 0. The third-order valence-corrected chi connectivity index (χ3v) is 5.27. The summed E-state index contributed by atoms with van der Waals surface area (Å²) >= 11 is 7.30. The second-order valence-electron chi connectivity index (χ2n) is 3.75. The van der Waals surface area contributed by atoms with E-state index in [9.17, 15) is 0 Å². The molecule has 1 atom stereocenters. The topological polar surface area (TPSA) is 24.9 Å². The highest BCUT2D eigenvalue weighted by Gasteiger charge is 2.18. The van der Waals surface area contributed by atoms with Gasteiger partial charge in [-0.15, -0.1) is 11.3 Å². The van der Waals surface area contributed by atoms with Crippen molar-refractivity contribution in [2.45, 2.75) is 6.04 Å². The van der Waals surface area contributed by atoms with Crippen molar-refractivity contribution < 1.29 is 0 Å². The average molecular weight is 315 g/mol. The molecule has 0 saturated carbocycles. The van der Waals surface area contributed by atoms with Crippen molar-refractivity contribution in [3.63, 3.8) is 0 Å². The molecular formula is C11H11BrN2S2. The molecule has 0 radical (unpaired) electrons. The van der Waals surface area contributed by atoms with E-state index < -0.39 is 0 Å². The van der Waals surface area contributed by atoms with Gasteiger partial charge in [0.2, 0.25) is 0 Å². The largest absolute Gasteiger partial charge is 0.306 e. The zero-order valence-corrected chi connectivity index (χ0v) is 11.8. The van der Waals surface area contributed by atoms with Gasteiger partial charge in [0.1, 0.15) is 5.01 Å². The first-order valence-corrected chi connectivity index (χ1v) is 7.96. The maximum atomic E-state index is 4.70. The molecule has 16 heavy (non-hydrogen) atoms. The van der Waals surface area contributed by atoms with Crippen molar-refractivity contribution in [2.24, 2.45) is 0 Å². The van der Waals surface area contributed by atoms with Crippen LogP contribution in [0.2, 0.25) is 0 Å². The van der Waals surface area contributed by atoms with Gasteiger partial charge in [0.25, 0.3) is 0 Å². The number of thiazole rings is 1. The lowest BCUT2D eigenvalue weighted by Gasteiger charge is -2.20. The van der Waals surface area contributed by atoms with Crippen LogP contribution in [0, 0.1) is 0 Å². The Balaban J connectivity index is 1.97. The van der Waals surface area contributed by atoms with Crippen molar-refractivity contribution in [2.75, 3.05) is 18.1 Å². The molecule has 0 amide bonds. The molecule has 2 nitrogen and oxygen atoms in total. The minimum Gasteiger partial charge on any atom is -0.306 e. The first-order chi connectivity index (χ1) is 7.83. The van der Waals surface area contributed by atoms with Gasteiger partial charge in [0.15, 0.2) is 0 Å². The Morgan fingerprint density at radius 2 is 2.38 bits per heavy atom. The zero-order valence-electron chi connectivity index (χ0n) is 8.57. The van der Waals surface area contributed by atoms with E-state index in [2.05, 4.69) is 39.4 Å². The minimum atomic E-state index is 0.440. The van der Waals surface area contributed by atoms with E-state index in [1.807, 2.05) is 11.8 Å². The molecule has 2 heterocycles. The predicted molar refractivity (Wildman–Crippen MR) is 75.4 cm³/mol. The summed E-state index contributed by atoms with van der Waals surface area (Å²) in [6.07, 6.45) is 0. The van der Waals surface area contributed by atoms with Crippen LogP contribution in [-0.2, 0) is 0 Å². The van der Waals surface area contributed by atoms with Crippen LogP contribution < -0.4 is 5.32 Å². The number of hydrogen-bond acceptors (Lipinski definition) is 4. The molecule has 84 valence electrons. The highest BCUT2D eigenvalue weighted by Crippen LogP contribution is 2.31. The monoisotopic (exact) mass is 314 g/mol. The average Bonchev–Trinajstić information content (AvgIpc) is 2.73. The number of fused-ring (bicyclic) bond motifs is 1. The fourth-order valence-electron chi connectivity index (χ4n) is 1.79. The lowest BCUT2D eigenvalue weighted by atomic mass is 10.3. The van der Waals surface area contributed by atoms with Crippen molar-refractivity contribution in [3.8, 4) is 0 Å². The third kappa shape index (κ3) is 2.14. The van der Waals surface area contributed by atoms with E-state index in [1.165, 1.54) is 15.5 Å². The minimum absolute atomic E-state index is 0.440. The summed E-state index contributed by atoms with van der Waals surface area (Å²) in [5.74, 6) is 2.36. The number of halogens is 1. The van der Waals surface area contributed by atoms with Crippen molar-refractivity contribution >= 4 is 49.2 Å². The molecule has 5 heteroatoms. The Morgan fingerprint density at radius 3 is 3.19 bits per heavy atom.